The van der Waals surface area contributed by atoms with E-state index >= 15 is 0 Å². The summed E-state index contributed by atoms with van der Waals surface area (Å²) in [6.07, 6.45) is 4.53. The van der Waals surface area contributed by atoms with Crippen molar-refractivity contribution in [3.05, 3.63) is 41.0 Å². The first-order valence-electron chi connectivity index (χ1n) is 11.8. The van der Waals surface area contributed by atoms with Gasteiger partial charge in [0, 0.05) is 50.0 Å². The first-order valence-corrected chi connectivity index (χ1v) is 11.8. The third kappa shape index (κ3) is 3.16. The first-order chi connectivity index (χ1) is 16.5. The van der Waals surface area contributed by atoms with Crippen molar-refractivity contribution in [2.45, 2.75) is 64.3 Å². The number of carbonyl (C=O) groups is 3. The molecule has 0 aromatic heterocycles. The molecule has 4 bridgehead atoms. The molecule has 4 unspecified atom stereocenters. The molecule has 2 aliphatic heterocycles. The van der Waals surface area contributed by atoms with E-state index in [4.69, 9.17) is 23.7 Å². The van der Waals surface area contributed by atoms with Crippen molar-refractivity contribution < 1.29 is 38.1 Å². The molecule has 3 aliphatic carbocycles. The lowest BCUT2D eigenvalue weighted by atomic mass is 9.51. The molecule has 0 N–H and O–H groups in total. The van der Waals surface area contributed by atoms with E-state index in [2.05, 4.69) is 0 Å². The fourth-order valence-corrected chi connectivity index (χ4v) is 6.30. The van der Waals surface area contributed by atoms with Crippen molar-refractivity contribution in [3.8, 4) is 17.2 Å². The minimum atomic E-state index is -1.34. The minimum absolute atomic E-state index is 0.0421. The molecule has 8 heteroatoms. The molecule has 1 saturated carbocycles. The van der Waals surface area contributed by atoms with E-state index in [1.165, 1.54) is 20.1 Å². The number of Topliss-reactive ketones (excluding diaryl/α,β-unsaturated/α-hetero) is 2. The Morgan fingerprint density at radius 2 is 1.94 bits per heavy atom. The van der Waals surface area contributed by atoms with E-state index < -0.39 is 28.7 Å². The van der Waals surface area contributed by atoms with Crippen molar-refractivity contribution >= 4 is 17.5 Å². The summed E-state index contributed by atoms with van der Waals surface area (Å²) in [5.74, 6) is -1.11. The predicted octanol–water partition coefficient (Wildman–Crippen LogP) is 3.96. The molecule has 1 saturated heterocycles. The lowest BCUT2D eigenvalue weighted by Gasteiger charge is -2.56. The molecule has 0 amide bonds. The Hall–Kier alpha value is -2.97. The number of allylic oxidation sites excluding steroid dienone is 2. The monoisotopic (exact) mass is 482 g/mol. The van der Waals surface area contributed by atoms with Crippen LogP contribution in [0, 0.1) is 11.8 Å². The van der Waals surface area contributed by atoms with Crippen LogP contribution in [0.15, 0.2) is 35.4 Å². The maximum Gasteiger partial charge on any atom is 0.308 e. The Kier molecular flexibility index (Phi) is 5.27. The van der Waals surface area contributed by atoms with Gasteiger partial charge in [-0.2, -0.15) is 0 Å². The van der Waals surface area contributed by atoms with E-state index in [9.17, 15) is 14.4 Å². The summed E-state index contributed by atoms with van der Waals surface area (Å²) in [5, 5.41) is 0. The minimum Gasteiger partial charge on any atom is -0.477 e. The van der Waals surface area contributed by atoms with Gasteiger partial charge in [-0.25, -0.2) is 0 Å². The Balaban J connectivity index is 1.75. The summed E-state index contributed by atoms with van der Waals surface area (Å²) in [5.41, 5.74) is -1.78. The maximum absolute atomic E-state index is 14.1. The normalized spacial score (nSPS) is 31.2. The second-order valence-corrected chi connectivity index (χ2v) is 10.5. The van der Waals surface area contributed by atoms with E-state index in [0.717, 1.165) is 5.57 Å². The van der Waals surface area contributed by atoms with Gasteiger partial charge in [-0.15, -0.1) is 0 Å². The summed E-state index contributed by atoms with van der Waals surface area (Å²) in [7, 11) is 1.48. The van der Waals surface area contributed by atoms with E-state index in [1.54, 1.807) is 12.1 Å². The van der Waals surface area contributed by atoms with Gasteiger partial charge in [0.15, 0.2) is 29.6 Å². The van der Waals surface area contributed by atoms with Crippen LogP contribution in [0.5, 0.6) is 17.2 Å². The Morgan fingerprint density at radius 1 is 1.20 bits per heavy atom. The Bertz CT molecular complexity index is 1200. The zero-order chi connectivity index (χ0) is 25.3. The highest BCUT2D eigenvalue weighted by molar-refractivity contribution is 6.18. The lowest BCUT2D eigenvalue weighted by molar-refractivity contribution is -0.171. The Labute approximate surface area is 204 Å². The van der Waals surface area contributed by atoms with Crippen LogP contribution in [0.2, 0.25) is 0 Å². The van der Waals surface area contributed by atoms with Crippen LogP contribution in [0.4, 0.5) is 0 Å². The molecule has 186 valence electrons. The zero-order valence-corrected chi connectivity index (χ0v) is 20.9. The van der Waals surface area contributed by atoms with Crippen LogP contribution in [-0.2, 0) is 19.1 Å². The van der Waals surface area contributed by atoms with Gasteiger partial charge in [0.1, 0.15) is 22.8 Å². The highest BCUT2D eigenvalue weighted by atomic mass is 16.7. The fourth-order valence-electron chi connectivity index (χ4n) is 6.30. The number of fused-ring (bicyclic) bond motifs is 1. The number of benzene rings is 1. The third-order valence-corrected chi connectivity index (χ3v) is 7.54. The molecule has 0 radical (unpaired) electrons. The topological polar surface area (TPSA) is 97.4 Å². The lowest BCUT2D eigenvalue weighted by Crippen LogP contribution is -2.72. The average Bonchev–Trinajstić information content (AvgIpc) is 2.93. The average molecular weight is 483 g/mol. The first kappa shape index (κ1) is 23.8. The van der Waals surface area contributed by atoms with Crippen molar-refractivity contribution in [1.82, 2.24) is 0 Å². The van der Waals surface area contributed by atoms with Crippen LogP contribution in [0.25, 0.3) is 0 Å². The van der Waals surface area contributed by atoms with Gasteiger partial charge >= 0.3 is 5.97 Å². The molecule has 8 nitrogen and oxygen atoms in total. The molecule has 1 aromatic carbocycles. The molecule has 2 heterocycles. The molecule has 35 heavy (non-hydrogen) atoms. The molecular weight excluding hydrogens is 452 g/mol. The number of hydrogen-bond donors (Lipinski definition) is 0. The second-order valence-electron chi connectivity index (χ2n) is 10.5. The summed E-state index contributed by atoms with van der Waals surface area (Å²) in [4.78, 5) is 39.8. The van der Waals surface area contributed by atoms with E-state index in [0.29, 0.717) is 24.2 Å². The third-order valence-electron chi connectivity index (χ3n) is 7.54. The van der Waals surface area contributed by atoms with Gasteiger partial charge in [-0.05, 0) is 34.1 Å². The van der Waals surface area contributed by atoms with Crippen LogP contribution < -0.4 is 14.2 Å². The number of ketones is 2. The number of ether oxygens (including phenoxy) is 5. The summed E-state index contributed by atoms with van der Waals surface area (Å²) in [6, 6.07) is 3.05. The van der Waals surface area contributed by atoms with Gasteiger partial charge < -0.3 is 23.7 Å². The smallest absolute Gasteiger partial charge is 0.308 e. The molecule has 5 aliphatic rings. The number of carbonyl (C=O) groups excluding carboxylic acids is 3. The molecule has 1 aromatic rings. The summed E-state index contributed by atoms with van der Waals surface area (Å²) < 4.78 is 29.4. The molecule has 6 rings (SSSR count). The number of esters is 1. The number of rotatable bonds is 6. The highest BCUT2D eigenvalue weighted by Crippen LogP contribution is 2.67. The largest absolute Gasteiger partial charge is 0.477 e. The van der Waals surface area contributed by atoms with Gasteiger partial charge in [-0.1, -0.05) is 17.7 Å². The van der Waals surface area contributed by atoms with Crippen molar-refractivity contribution in [1.29, 1.82) is 0 Å². The van der Waals surface area contributed by atoms with Gasteiger partial charge in [0.2, 0.25) is 0 Å². The van der Waals surface area contributed by atoms with Gasteiger partial charge in [0.25, 0.3) is 0 Å². The standard InChI is InChI=1S/C27H30O8/c1-14(2)7-8-26-24(30)16-9-18-23(29)22-19(33-15(3)28)11-17(32-13-31-6)12-20(22)34-27(18,26)21(10-16)25(4,5)35-26/h7,9,11-12,16,21H,8,10,13H2,1-6H3. The van der Waals surface area contributed by atoms with E-state index in [-0.39, 0.29) is 41.3 Å². The molecule has 1 spiro atoms. The van der Waals surface area contributed by atoms with Crippen molar-refractivity contribution in [3.63, 3.8) is 0 Å². The SMILES string of the molecule is COCOc1cc(OC(C)=O)c2c(c1)OC13C(=CC4CC1C(C)(C)OC3(CC=C(C)C)C4=O)C2=O. The second kappa shape index (κ2) is 7.77. The Morgan fingerprint density at radius 3 is 2.60 bits per heavy atom. The van der Waals surface area contributed by atoms with Gasteiger partial charge in [-0.3, -0.25) is 14.4 Å². The summed E-state index contributed by atoms with van der Waals surface area (Å²) in [6.45, 7) is 9.03. The number of methoxy groups -OCH3 is 1. The van der Waals surface area contributed by atoms with Crippen LogP contribution in [0.1, 0.15) is 57.8 Å². The van der Waals surface area contributed by atoms with Crippen LogP contribution >= 0.6 is 0 Å². The van der Waals surface area contributed by atoms with E-state index in [1.807, 2.05) is 33.8 Å². The molecule has 4 atom stereocenters. The van der Waals surface area contributed by atoms with Crippen LogP contribution in [-0.4, -0.2) is 48.2 Å². The van der Waals surface area contributed by atoms with Crippen molar-refractivity contribution in [2.75, 3.05) is 13.9 Å². The van der Waals surface area contributed by atoms with Crippen molar-refractivity contribution in [2.24, 2.45) is 11.8 Å². The predicted molar refractivity (Wildman–Crippen MR) is 125 cm³/mol. The number of hydrogen-bond acceptors (Lipinski definition) is 8. The zero-order valence-electron chi connectivity index (χ0n) is 20.9. The molecular formula is C27H30O8. The summed E-state index contributed by atoms with van der Waals surface area (Å²) >= 11 is 0. The van der Waals surface area contributed by atoms with Crippen LogP contribution in [0.3, 0.4) is 0 Å². The maximum atomic E-state index is 14.1. The quantitative estimate of drug-likeness (QED) is 0.260. The fraction of sp³-hybridized carbons (Fsp3) is 0.519. The molecule has 2 fully saturated rings. The highest BCUT2D eigenvalue weighted by Gasteiger charge is 2.81. The van der Waals surface area contributed by atoms with Gasteiger partial charge in [0.05, 0.1) is 5.60 Å².